The second-order valence-corrected chi connectivity index (χ2v) is 9.44. The summed E-state index contributed by atoms with van der Waals surface area (Å²) in [6.45, 7) is 5.82. The predicted octanol–water partition coefficient (Wildman–Crippen LogP) is 4.00. The zero-order valence-electron chi connectivity index (χ0n) is 20.7. The predicted molar refractivity (Wildman–Crippen MR) is 147 cm³/mol. The van der Waals surface area contributed by atoms with E-state index in [2.05, 4.69) is 54.0 Å². The van der Waals surface area contributed by atoms with E-state index in [1.54, 1.807) is 29.5 Å². The molecule has 1 saturated heterocycles. The zero-order chi connectivity index (χ0) is 25.0. The summed E-state index contributed by atoms with van der Waals surface area (Å²) >= 11 is 0. The molecule has 0 radical (unpaired) electrons. The summed E-state index contributed by atoms with van der Waals surface area (Å²) in [6.07, 6.45) is 8.87. The van der Waals surface area contributed by atoms with Gasteiger partial charge in [-0.2, -0.15) is 0 Å². The minimum absolute atomic E-state index is 0.0123. The molecule has 0 saturated carbocycles. The first-order chi connectivity index (χ1) is 18.3. The lowest BCUT2D eigenvalue weighted by molar-refractivity contribution is 0.251. The largest absolute Gasteiger partial charge is 0.369 e. The lowest BCUT2D eigenvalue weighted by atomic mass is 10.1. The van der Waals surface area contributed by atoms with E-state index in [-0.39, 0.29) is 5.56 Å². The fourth-order valence-corrected chi connectivity index (χ4v) is 5.03. The first kappa shape index (κ1) is 23.2. The second kappa shape index (κ2) is 10.4. The maximum Gasteiger partial charge on any atom is 0.262 e. The highest BCUT2D eigenvalue weighted by Crippen LogP contribution is 2.22. The van der Waals surface area contributed by atoms with Crippen LogP contribution in [0.5, 0.6) is 0 Å². The summed E-state index contributed by atoms with van der Waals surface area (Å²) in [4.78, 5) is 35.7. The first-order valence-corrected chi connectivity index (χ1v) is 12.8. The Morgan fingerprint density at radius 3 is 2.30 bits per heavy atom. The number of nitrogens with zero attached hydrogens (tertiary/aromatic N) is 7. The highest BCUT2D eigenvalue weighted by Gasteiger charge is 2.17. The van der Waals surface area contributed by atoms with Crippen molar-refractivity contribution in [1.29, 1.82) is 0 Å². The van der Waals surface area contributed by atoms with Crippen LogP contribution in [0.15, 0.2) is 84.3 Å². The summed E-state index contributed by atoms with van der Waals surface area (Å²) in [6, 6.07) is 18.2. The van der Waals surface area contributed by atoms with Crippen LogP contribution in [0.4, 0.5) is 5.69 Å². The number of pyridine rings is 1. The Morgan fingerprint density at radius 2 is 1.49 bits per heavy atom. The second-order valence-electron chi connectivity index (χ2n) is 9.44. The summed E-state index contributed by atoms with van der Waals surface area (Å²) in [5.41, 5.74) is 3.85. The number of hydrogen-bond donors (Lipinski definition) is 0. The fourth-order valence-electron chi connectivity index (χ4n) is 5.03. The van der Waals surface area contributed by atoms with Gasteiger partial charge < -0.3 is 4.90 Å². The van der Waals surface area contributed by atoms with E-state index < -0.39 is 0 Å². The average molecular weight is 492 g/mol. The first-order valence-electron chi connectivity index (χ1n) is 12.8. The zero-order valence-corrected chi connectivity index (χ0v) is 20.7. The average Bonchev–Trinajstić information content (AvgIpc) is 2.97. The smallest absolute Gasteiger partial charge is 0.262 e. The number of para-hydroxylation sites is 1. The van der Waals surface area contributed by atoms with Gasteiger partial charge in [0.15, 0.2) is 5.82 Å². The van der Waals surface area contributed by atoms with Crippen molar-refractivity contribution in [1.82, 2.24) is 29.4 Å². The molecular formula is C29H29N7O. The van der Waals surface area contributed by atoms with Gasteiger partial charge in [-0.1, -0.05) is 18.2 Å². The third-order valence-electron chi connectivity index (χ3n) is 7.12. The Labute approximate surface area is 215 Å². The van der Waals surface area contributed by atoms with Gasteiger partial charge in [-0.3, -0.25) is 19.2 Å². The van der Waals surface area contributed by atoms with E-state index >= 15 is 0 Å². The molecule has 0 N–H and O–H groups in total. The van der Waals surface area contributed by atoms with Crippen molar-refractivity contribution >= 4 is 27.5 Å². The van der Waals surface area contributed by atoms with Gasteiger partial charge in [-0.25, -0.2) is 15.0 Å². The SMILES string of the molecule is O=c1c2cnc3ccccc3c2ncn1CCCCN1CCN(c2ccc(-c3ncccn3)cc2)CC1. The lowest BCUT2D eigenvalue weighted by Gasteiger charge is -2.36. The number of rotatable bonds is 7. The molecule has 186 valence electrons. The molecule has 4 heterocycles. The van der Waals surface area contributed by atoms with E-state index in [4.69, 9.17) is 0 Å². The molecule has 0 unspecified atom stereocenters. The summed E-state index contributed by atoms with van der Waals surface area (Å²) in [5.74, 6) is 0.755. The van der Waals surface area contributed by atoms with Crippen molar-refractivity contribution in [3.8, 4) is 11.4 Å². The van der Waals surface area contributed by atoms with E-state index in [0.29, 0.717) is 11.9 Å². The number of hydrogen-bond acceptors (Lipinski definition) is 7. The summed E-state index contributed by atoms with van der Waals surface area (Å²) < 4.78 is 1.72. The molecule has 0 amide bonds. The highest BCUT2D eigenvalue weighted by molar-refractivity contribution is 6.02. The molecule has 0 aliphatic carbocycles. The molecule has 8 heteroatoms. The third-order valence-corrected chi connectivity index (χ3v) is 7.12. The van der Waals surface area contributed by atoms with Crippen molar-refractivity contribution < 1.29 is 0 Å². The van der Waals surface area contributed by atoms with Gasteiger partial charge in [0.2, 0.25) is 0 Å². The molecule has 1 aliphatic rings. The van der Waals surface area contributed by atoms with Gasteiger partial charge in [0.1, 0.15) is 0 Å². The normalized spacial score (nSPS) is 14.4. The van der Waals surface area contributed by atoms with Crippen LogP contribution < -0.4 is 10.5 Å². The maximum absolute atomic E-state index is 13.0. The number of fused-ring (bicyclic) bond motifs is 3. The summed E-state index contributed by atoms with van der Waals surface area (Å²) in [7, 11) is 0. The number of aromatic nitrogens is 5. The van der Waals surface area contributed by atoms with Crippen LogP contribution in [-0.2, 0) is 6.54 Å². The van der Waals surface area contributed by atoms with Crippen molar-refractivity contribution in [2.24, 2.45) is 0 Å². The number of benzene rings is 2. The monoisotopic (exact) mass is 491 g/mol. The minimum Gasteiger partial charge on any atom is -0.369 e. The number of anilines is 1. The van der Waals surface area contributed by atoms with Crippen molar-refractivity contribution in [2.75, 3.05) is 37.6 Å². The molecule has 1 aliphatic heterocycles. The molecule has 5 aromatic rings. The highest BCUT2D eigenvalue weighted by atomic mass is 16.1. The van der Waals surface area contributed by atoms with Crippen LogP contribution in [0.3, 0.4) is 0 Å². The molecule has 0 atom stereocenters. The molecule has 6 rings (SSSR count). The molecule has 3 aromatic heterocycles. The number of unbranched alkanes of at least 4 members (excludes halogenated alkanes) is 1. The molecule has 8 nitrogen and oxygen atoms in total. The summed E-state index contributed by atoms with van der Waals surface area (Å²) in [5, 5.41) is 1.51. The van der Waals surface area contributed by atoms with E-state index in [1.165, 1.54) is 5.69 Å². The van der Waals surface area contributed by atoms with Crippen molar-refractivity contribution in [2.45, 2.75) is 19.4 Å². The molecule has 1 fully saturated rings. The van der Waals surface area contributed by atoms with Gasteiger partial charge in [-0.05, 0) is 55.8 Å². The third kappa shape index (κ3) is 4.93. The van der Waals surface area contributed by atoms with Gasteiger partial charge in [-0.15, -0.1) is 0 Å². The van der Waals surface area contributed by atoms with Crippen molar-refractivity contribution in [3.63, 3.8) is 0 Å². The lowest BCUT2D eigenvalue weighted by Crippen LogP contribution is -2.46. The molecular weight excluding hydrogens is 462 g/mol. The van der Waals surface area contributed by atoms with Gasteiger partial charge in [0, 0.05) is 68.0 Å². The Morgan fingerprint density at radius 1 is 0.730 bits per heavy atom. The van der Waals surface area contributed by atoms with Gasteiger partial charge in [0.25, 0.3) is 5.56 Å². The Hall–Kier alpha value is -4.17. The van der Waals surface area contributed by atoms with Crippen LogP contribution in [-0.4, -0.2) is 62.1 Å². The minimum atomic E-state index is -0.0123. The number of aryl methyl sites for hydroxylation is 1. The van der Waals surface area contributed by atoms with Crippen LogP contribution in [0, 0.1) is 0 Å². The van der Waals surface area contributed by atoms with Gasteiger partial charge in [0.05, 0.1) is 22.7 Å². The molecule has 2 aromatic carbocycles. The van der Waals surface area contributed by atoms with E-state index in [9.17, 15) is 4.79 Å². The number of piperazine rings is 1. The van der Waals surface area contributed by atoms with Gasteiger partial charge >= 0.3 is 0 Å². The Balaban J connectivity index is 0.994. The van der Waals surface area contributed by atoms with Crippen LogP contribution in [0.2, 0.25) is 0 Å². The quantitative estimate of drug-likeness (QED) is 0.251. The molecule has 0 bridgehead atoms. The maximum atomic E-state index is 13.0. The molecule has 37 heavy (non-hydrogen) atoms. The Kier molecular flexibility index (Phi) is 6.56. The fraction of sp³-hybridized carbons (Fsp3) is 0.276. The van der Waals surface area contributed by atoms with E-state index in [1.807, 2.05) is 30.3 Å². The molecule has 0 spiro atoms. The Bertz CT molecular complexity index is 1560. The van der Waals surface area contributed by atoms with Crippen molar-refractivity contribution in [3.05, 3.63) is 89.9 Å². The van der Waals surface area contributed by atoms with Crippen LogP contribution in [0.25, 0.3) is 33.2 Å². The van der Waals surface area contributed by atoms with Crippen LogP contribution in [0.1, 0.15) is 12.8 Å². The van der Waals surface area contributed by atoms with Crippen LogP contribution >= 0.6 is 0 Å². The standard InChI is InChI=1S/C29H29N7O/c37-29-25-20-32-26-7-2-1-6-24(26)27(25)33-21-36(29)15-4-3-14-34-16-18-35(19-17-34)23-10-8-22(9-11-23)28-30-12-5-13-31-28/h1-2,5-13,20-21H,3-4,14-19H2. The topological polar surface area (TPSA) is 80.0 Å². The van der Waals surface area contributed by atoms with E-state index in [0.717, 1.165) is 73.4 Å².